The third-order valence-electron chi connectivity index (χ3n) is 7.64. The summed E-state index contributed by atoms with van der Waals surface area (Å²) in [6.07, 6.45) is 4.73. The number of anilines is 1. The molecule has 2 amide bonds. The molecular weight excluding hydrogens is 480 g/mol. The van der Waals surface area contributed by atoms with E-state index in [-0.39, 0.29) is 35.0 Å². The number of amides is 2. The first-order chi connectivity index (χ1) is 18.3. The van der Waals surface area contributed by atoms with Crippen LogP contribution in [0.1, 0.15) is 57.6 Å². The molecule has 1 saturated heterocycles. The van der Waals surface area contributed by atoms with Crippen molar-refractivity contribution in [2.45, 2.75) is 65.0 Å². The number of ketones is 1. The molecule has 1 N–H and O–H groups in total. The number of carbonyl (C=O) groups is 2. The zero-order valence-electron chi connectivity index (χ0n) is 22.2. The summed E-state index contributed by atoms with van der Waals surface area (Å²) in [6, 6.07) is 14.6. The van der Waals surface area contributed by atoms with Gasteiger partial charge in [-0.05, 0) is 75.1 Å². The van der Waals surface area contributed by atoms with Crippen LogP contribution in [0.2, 0.25) is 0 Å². The first kappa shape index (κ1) is 25.9. The number of benzene rings is 2. The Morgan fingerprint density at radius 3 is 2.47 bits per heavy atom. The Morgan fingerprint density at radius 2 is 1.76 bits per heavy atom. The topological polar surface area (TPSA) is 93.4 Å². The van der Waals surface area contributed by atoms with Gasteiger partial charge in [-0.25, -0.2) is 9.59 Å². The lowest BCUT2D eigenvalue weighted by Crippen LogP contribution is -2.43. The fraction of sp³-hybridized carbons (Fsp3) is 0.467. The summed E-state index contributed by atoms with van der Waals surface area (Å²) in [4.78, 5) is 53.9. The summed E-state index contributed by atoms with van der Waals surface area (Å²) < 4.78 is 3.01. The lowest BCUT2D eigenvalue weighted by Gasteiger charge is -2.32. The van der Waals surface area contributed by atoms with E-state index >= 15 is 0 Å². The molecule has 200 valence electrons. The number of carbonyl (C=O) groups excluding carboxylic acids is 2. The van der Waals surface area contributed by atoms with Crippen molar-refractivity contribution in [3.05, 3.63) is 74.9 Å². The van der Waals surface area contributed by atoms with E-state index in [0.29, 0.717) is 55.0 Å². The summed E-state index contributed by atoms with van der Waals surface area (Å²) in [7, 11) is 0. The number of likely N-dealkylation sites (tertiary alicyclic amines) is 1. The average Bonchev–Trinajstić information content (AvgIpc) is 3.72. The zero-order chi connectivity index (χ0) is 26.8. The first-order valence-electron chi connectivity index (χ1n) is 13.7. The molecule has 0 spiro atoms. The highest BCUT2D eigenvalue weighted by Gasteiger charge is 2.27. The minimum Gasteiger partial charge on any atom is -0.324 e. The fourth-order valence-corrected chi connectivity index (χ4v) is 5.52. The van der Waals surface area contributed by atoms with Gasteiger partial charge in [0.15, 0.2) is 0 Å². The number of hydrogen-bond donors (Lipinski definition) is 1. The number of aromatic nitrogens is 2. The van der Waals surface area contributed by atoms with Gasteiger partial charge in [0.2, 0.25) is 0 Å². The zero-order valence-corrected chi connectivity index (χ0v) is 22.2. The molecule has 2 aliphatic rings. The molecule has 1 aliphatic carbocycles. The number of piperidine rings is 1. The molecule has 5 rings (SSSR count). The number of nitrogens with one attached hydrogen (secondary N) is 1. The lowest BCUT2D eigenvalue weighted by molar-refractivity contribution is -0.119. The van der Waals surface area contributed by atoms with Crippen LogP contribution in [0.25, 0.3) is 10.9 Å². The molecule has 8 nitrogen and oxygen atoms in total. The Kier molecular flexibility index (Phi) is 7.49. The molecule has 1 unspecified atom stereocenters. The molecule has 1 aromatic heterocycles. The van der Waals surface area contributed by atoms with Gasteiger partial charge < -0.3 is 10.2 Å². The van der Waals surface area contributed by atoms with Crippen molar-refractivity contribution in [2.75, 3.05) is 18.4 Å². The van der Waals surface area contributed by atoms with Crippen molar-refractivity contribution >= 4 is 28.4 Å². The van der Waals surface area contributed by atoms with E-state index in [9.17, 15) is 19.2 Å². The number of nitrogens with zero attached hydrogens (tertiary/aromatic N) is 3. The molecule has 3 aromatic rings. The summed E-state index contributed by atoms with van der Waals surface area (Å²) in [6.45, 7) is 5.46. The minimum absolute atomic E-state index is 0.105. The van der Waals surface area contributed by atoms with Crippen LogP contribution < -0.4 is 16.6 Å². The second-order valence-corrected chi connectivity index (χ2v) is 11.1. The van der Waals surface area contributed by atoms with Crippen molar-refractivity contribution in [3.63, 3.8) is 0 Å². The highest BCUT2D eigenvalue weighted by Crippen LogP contribution is 2.30. The lowest BCUT2D eigenvalue weighted by atomic mass is 9.91. The summed E-state index contributed by atoms with van der Waals surface area (Å²) in [5.41, 5.74) is 1.53. The fourth-order valence-electron chi connectivity index (χ4n) is 5.52. The largest absolute Gasteiger partial charge is 0.331 e. The van der Waals surface area contributed by atoms with E-state index in [1.165, 1.54) is 4.57 Å². The number of rotatable bonds is 8. The highest BCUT2D eigenvalue weighted by molar-refractivity contribution is 5.92. The number of Topliss-reactive ketones (excluding diaryl/α,β-unsaturated/α-hetero) is 1. The predicted molar refractivity (Wildman–Crippen MR) is 149 cm³/mol. The summed E-state index contributed by atoms with van der Waals surface area (Å²) in [5.74, 6) is 0.710. The van der Waals surface area contributed by atoms with E-state index in [1.54, 1.807) is 27.7 Å². The van der Waals surface area contributed by atoms with Crippen LogP contribution in [0.3, 0.4) is 0 Å². The molecule has 1 aliphatic heterocycles. The third kappa shape index (κ3) is 5.74. The molecule has 8 heteroatoms. The maximum atomic E-state index is 13.3. The van der Waals surface area contributed by atoms with Gasteiger partial charge in [-0.2, -0.15) is 0 Å². The Hall–Kier alpha value is -3.68. The third-order valence-corrected chi connectivity index (χ3v) is 7.64. The van der Waals surface area contributed by atoms with Crippen molar-refractivity contribution in [2.24, 2.45) is 11.8 Å². The minimum atomic E-state index is -0.306. The van der Waals surface area contributed by atoms with Gasteiger partial charge in [0.25, 0.3) is 5.56 Å². The maximum absolute atomic E-state index is 13.3. The van der Waals surface area contributed by atoms with E-state index in [0.717, 1.165) is 31.2 Å². The van der Waals surface area contributed by atoms with Crippen LogP contribution in [0.4, 0.5) is 10.5 Å². The van der Waals surface area contributed by atoms with Gasteiger partial charge in [0.05, 0.1) is 10.9 Å². The Morgan fingerprint density at radius 1 is 1.00 bits per heavy atom. The number of hydrogen-bond acceptors (Lipinski definition) is 4. The van der Waals surface area contributed by atoms with Crippen LogP contribution in [-0.4, -0.2) is 38.9 Å². The molecule has 0 radical (unpaired) electrons. The van der Waals surface area contributed by atoms with Crippen molar-refractivity contribution in [1.82, 2.24) is 14.0 Å². The molecule has 2 aromatic carbocycles. The van der Waals surface area contributed by atoms with Crippen LogP contribution in [-0.2, 0) is 17.8 Å². The molecule has 1 atom stereocenters. The van der Waals surface area contributed by atoms with E-state index in [4.69, 9.17) is 0 Å². The second kappa shape index (κ2) is 11.0. The van der Waals surface area contributed by atoms with E-state index < -0.39 is 0 Å². The second-order valence-electron chi connectivity index (χ2n) is 11.1. The Balaban J connectivity index is 1.30. The maximum Gasteiger partial charge on any atom is 0.331 e. The SMILES string of the molecule is CC(C)n1c(=O)n(CC2CC2)c(=O)c2cc(NC(=O)N3CCCC(CC(=O)Cc4ccccc4)C3)ccc21. The van der Waals surface area contributed by atoms with Crippen LogP contribution in [0.15, 0.2) is 58.1 Å². The summed E-state index contributed by atoms with van der Waals surface area (Å²) in [5, 5.41) is 3.38. The predicted octanol–water partition coefficient (Wildman–Crippen LogP) is 4.60. The standard InChI is InChI=1S/C30H36N4O4/c1-20(2)34-27-13-12-24(17-26(27)28(36)33(30(34)38)19-22-10-11-22)31-29(37)32-14-6-9-23(18-32)16-25(35)15-21-7-4-3-5-8-21/h3-5,7-8,12-13,17,20,22-23H,6,9-11,14-16,18-19H2,1-2H3,(H,31,37). The number of fused-ring (bicyclic) bond motifs is 1. The molecular formula is C30H36N4O4. The van der Waals surface area contributed by atoms with Gasteiger partial charge in [-0.3, -0.25) is 18.7 Å². The highest BCUT2D eigenvalue weighted by atomic mass is 16.2. The van der Waals surface area contributed by atoms with Gasteiger partial charge >= 0.3 is 11.7 Å². The van der Waals surface area contributed by atoms with Crippen LogP contribution >= 0.6 is 0 Å². The van der Waals surface area contributed by atoms with Gasteiger partial charge in [-0.1, -0.05) is 30.3 Å². The molecule has 2 fully saturated rings. The van der Waals surface area contributed by atoms with Gasteiger partial charge in [-0.15, -0.1) is 0 Å². The molecule has 38 heavy (non-hydrogen) atoms. The smallest absolute Gasteiger partial charge is 0.324 e. The van der Waals surface area contributed by atoms with Gasteiger partial charge in [0, 0.05) is 44.2 Å². The molecule has 0 bridgehead atoms. The molecule has 2 heterocycles. The van der Waals surface area contributed by atoms with E-state index in [1.807, 2.05) is 44.2 Å². The normalized spacial score (nSPS) is 17.7. The van der Waals surface area contributed by atoms with Crippen molar-refractivity contribution < 1.29 is 9.59 Å². The average molecular weight is 517 g/mol. The number of urea groups is 1. The van der Waals surface area contributed by atoms with Crippen LogP contribution in [0, 0.1) is 11.8 Å². The summed E-state index contributed by atoms with van der Waals surface area (Å²) >= 11 is 0. The van der Waals surface area contributed by atoms with Crippen molar-refractivity contribution in [1.29, 1.82) is 0 Å². The van der Waals surface area contributed by atoms with E-state index in [2.05, 4.69) is 5.32 Å². The van der Waals surface area contributed by atoms with Crippen LogP contribution in [0.5, 0.6) is 0 Å². The quantitative estimate of drug-likeness (QED) is 0.474. The monoisotopic (exact) mass is 516 g/mol. The molecule has 1 saturated carbocycles. The Bertz CT molecular complexity index is 1450. The van der Waals surface area contributed by atoms with Gasteiger partial charge in [0.1, 0.15) is 5.78 Å². The first-order valence-corrected chi connectivity index (χ1v) is 13.7. The van der Waals surface area contributed by atoms with Crippen molar-refractivity contribution in [3.8, 4) is 0 Å². The Labute approximate surface area is 222 Å².